The van der Waals surface area contributed by atoms with E-state index in [1.807, 2.05) is 25.2 Å². The number of aliphatic imine (C=N–C) groups is 1. The molecule has 144 valence electrons. The molecule has 0 saturated heterocycles. The van der Waals surface area contributed by atoms with Gasteiger partial charge < -0.3 is 15.1 Å². The van der Waals surface area contributed by atoms with E-state index in [0.717, 1.165) is 43.0 Å². The third-order valence-corrected chi connectivity index (χ3v) is 4.63. The molecule has 5 nitrogen and oxygen atoms in total. The molecule has 0 radical (unpaired) electrons. The molecule has 0 spiro atoms. The monoisotopic (exact) mass is 478 g/mol. The fourth-order valence-corrected chi connectivity index (χ4v) is 3.29. The van der Waals surface area contributed by atoms with Crippen LogP contribution in [0.5, 0.6) is 0 Å². The molecule has 0 unspecified atom stereocenters. The van der Waals surface area contributed by atoms with Crippen molar-refractivity contribution in [3.8, 4) is 0 Å². The summed E-state index contributed by atoms with van der Waals surface area (Å²) in [5.74, 6) is 0.930. The Bertz CT molecular complexity index is 819. The minimum absolute atomic E-state index is 0. The fourth-order valence-electron chi connectivity index (χ4n) is 3.29. The molecule has 1 aliphatic heterocycles. The van der Waals surface area contributed by atoms with Gasteiger partial charge in [0.1, 0.15) is 0 Å². The molecule has 2 aromatic rings. The van der Waals surface area contributed by atoms with Crippen molar-refractivity contribution in [3.63, 3.8) is 0 Å². The molecule has 1 N–H and O–H groups in total. The summed E-state index contributed by atoms with van der Waals surface area (Å²) in [4.78, 5) is 20.4. The van der Waals surface area contributed by atoms with Crippen LogP contribution in [0.15, 0.2) is 53.5 Å². The van der Waals surface area contributed by atoms with Gasteiger partial charge in [-0.25, -0.2) is 0 Å². The van der Waals surface area contributed by atoms with Crippen molar-refractivity contribution in [2.24, 2.45) is 4.99 Å². The number of hydrogen-bond acceptors (Lipinski definition) is 2. The lowest BCUT2D eigenvalue weighted by atomic mass is 10.1. The SMILES string of the molecule is CN=C(NCCc1cccc(C(=O)N(C)C)c1)N1CCc2ccccc21.I. The van der Waals surface area contributed by atoms with E-state index in [2.05, 4.69) is 45.5 Å². The molecule has 0 aliphatic carbocycles. The molecular formula is C21H27IN4O. The first kappa shape index (κ1) is 21.2. The second-order valence-corrected chi connectivity index (χ2v) is 6.65. The maximum absolute atomic E-state index is 12.1. The highest BCUT2D eigenvalue weighted by atomic mass is 127. The number of nitrogens with one attached hydrogen (secondary N) is 1. The van der Waals surface area contributed by atoms with Crippen LogP contribution in [-0.4, -0.2) is 51.0 Å². The summed E-state index contributed by atoms with van der Waals surface area (Å²) in [6, 6.07) is 16.3. The van der Waals surface area contributed by atoms with Crippen molar-refractivity contribution in [2.45, 2.75) is 12.8 Å². The summed E-state index contributed by atoms with van der Waals surface area (Å²) in [6.07, 6.45) is 1.88. The van der Waals surface area contributed by atoms with Crippen LogP contribution in [0.1, 0.15) is 21.5 Å². The van der Waals surface area contributed by atoms with Gasteiger partial charge in [0.25, 0.3) is 5.91 Å². The number of amides is 1. The van der Waals surface area contributed by atoms with E-state index in [-0.39, 0.29) is 29.9 Å². The second-order valence-electron chi connectivity index (χ2n) is 6.65. The Morgan fingerprint density at radius 3 is 2.70 bits per heavy atom. The van der Waals surface area contributed by atoms with Crippen LogP contribution in [0.4, 0.5) is 5.69 Å². The van der Waals surface area contributed by atoms with Gasteiger partial charge in [-0.2, -0.15) is 0 Å². The van der Waals surface area contributed by atoms with Crippen LogP contribution in [-0.2, 0) is 12.8 Å². The Balaban J connectivity index is 0.00000261. The van der Waals surface area contributed by atoms with E-state index < -0.39 is 0 Å². The molecule has 6 heteroatoms. The van der Waals surface area contributed by atoms with Crippen molar-refractivity contribution in [2.75, 3.05) is 39.1 Å². The number of guanidine groups is 1. The topological polar surface area (TPSA) is 47.9 Å². The van der Waals surface area contributed by atoms with Gasteiger partial charge in [-0.05, 0) is 42.2 Å². The van der Waals surface area contributed by atoms with Gasteiger partial charge in [0.2, 0.25) is 0 Å². The molecule has 2 aromatic carbocycles. The van der Waals surface area contributed by atoms with Crippen molar-refractivity contribution >= 4 is 41.5 Å². The molecule has 1 heterocycles. The van der Waals surface area contributed by atoms with Crippen LogP contribution in [0.25, 0.3) is 0 Å². The molecule has 1 aliphatic rings. The summed E-state index contributed by atoms with van der Waals surface area (Å²) >= 11 is 0. The quantitative estimate of drug-likeness (QED) is 0.417. The van der Waals surface area contributed by atoms with Gasteiger partial charge >= 0.3 is 0 Å². The molecular weight excluding hydrogens is 451 g/mol. The van der Waals surface area contributed by atoms with E-state index in [9.17, 15) is 4.79 Å². The number of nitrogens with zero attached hydrogens (tertiary/aromatic N) is 3. The summed E-state index contributed by atoms with van der Waals surface area (Å²) in [7, 11) is 5.36. The summed E-state index contributed by atoms with van der Waals surface area (Å²) in [5, 5.41) is 3.45. The Morgan fingerprint density at radius 1 is 1.19 bits per heavy atom. The number of rotatable bonds is 4. The lowest BCUT2D eigenvalue weighted by molar-refractivity contribution is 0.0827. The molecule has 1 amide bonds. The fraction of sp³-hybridized carbons (Fsp3) is 0.333. The first-order valence-corrected chi connectivity index (χ1v) is 8.97. The highest BCUT2D eigenvalue weighted by Crippen LogP contribution is 2.27. The van der Waals surface area contributed by atoms with Gasteiger partial charge in [0, 0.05) is 45.5 Å². The van der Waals surface area contributed by atoms with E-state index in [0.29, 0.717) is 0 Å². The van der Waals surface area contributed by atoms with E-state index >= 15 is 0 Å². The van der Waals surface area contributed by atoms with E-state index in [4.69, 9.17) is 0 Å². The minimum atomic E-state index is 0. The molecule has 27 heavy (non-hydrogen) atoms. The van der Waals surface area contributed by atoms with Crippen LogP contribution in [0.2, 0.25) is 0 Å². The molecule has 3 rings (SSSR count). The van der Waals surface area contributed by atoms with Crippen molar-refractivity contribution in [1.29, 1.82) is 0 Å². The highest BCUT2D eigenvalue weighted by molar-refractivity contribution is 14.0. The van der Waals surface area contributed by atoms with Crippen LogP contribution >= 0.6 is 24.0 Å². The van der Waals surface area contributed by atoms with Gasteiger partial charge in [-0.15, -0.1) is 24.0 Å². The van der Waals surface area contributed by atoms with E-state index in [1.54, 1.807) is 19.0 Å². The van der Waals surface area contributed by atoms with Gasteiger partial charge in [0.05, 0.1) is 0 Å². The lowest BCUT2D eigenvalue weighted by Crippen LogP contribution is -2.41. The Morgan fingerprint density at radius 2 is 1.96 bits per heavy atom. The molecule has 0 atom stereocenters. The van der Waals surface area contributed by atoms with E-state index in [1.165, 1.54) is 11.3 Å². The van der Waals surface area contributed by atoms with Gasteiger partial charge in [-0.3, -0.25) is 9.79 Å². The first-order chi connectivity index (χ1) is 12.6. The third-order valence-electron chi connectivity index (χ3n) is 4.63. The number of hydrogen-bond donors (Lipinski definition) is 1. The van der Waals surface area contributed by atoms with Gasteiger partial charge in [0.15, 0.2) is 5.96 Å². The minimum Gasteiger partial charge on any atom is -0.356 e. The number of carbonyl (C=O) groups is 1. The number of fused-ring (bicyclic) bond motifs is 1. The Kier molecular flexibility index (Phi) is 7.65. The second kappa shape index (κ2) is 9.73. The highest BCUT2D eigenvalue weighted by Gasteiger charge is 2.22. The van der Waals surface area contributed by atoms with Crippen LogP contribution in [0.3, 0.4) is 0 Å². The third kappa shape index (κ3) is 5.00. The average molecular weight is 478 g/mol. The molecule has 0 saturated carbocycles. The number of carbonyl (C=O) groups excluding carboxylic acids is 1. The van der Waals surface area contributed by atoms with Crippen molar-refractivity contribution < 1.29 is 4.79 Å². The average Bonchev–Trinajstić information content (AvgIpc) is 3.09. The number of halogens is 1. The molecule has 0 aromatic heterocycles. The zero-order valence-corrected chi connectivity index (χ0v) is 18.4. The summed E-state index contributed by atoms with van der Waals surface area (Å²) < 4.78 is 0. The van der Waals surface area contributed by atoms with Crippen LogP contribution < -0.4 is 10.2 Å². The van der Waals surface area contributed by atoms with Gasteiger partial charge in [-0.1, -0.05) is 30.3 Å². The van der Waals surface area contributed by atoms with Crippen LogP contribution in [0, 0.1) is 0 Å². The Hall–Kier alpha value is -2.09. The number of anilines is 1. The lowest BCUT2D eigenvalue weighted by Gasteiger charge is -2.22. The standard InChI is InChI=1S/C21H26N4O.HI/c1-22-21(25-14-12-17-8-4-5-10-19(17)25)23-13-11-16-7-6-9-18(15-16)20(26)24(2)3;/h4-10,15H,11-14H2,1-3H3,(H,22,23);1H. The van der Waals surface area contributed by atoms with Crippen molar-refractivity contribution in [1.82, 2.24) is 10.2 Å². The molecule has 0 bridgehead atoms. The number of benzene rings is 2. The summed E-state index contributed by atoms with van der Waals surface area (Å²) in [5.41, 5.74) is 4.47. The smallest absolute Gasteiger partial charge is 0.253 e. The molecule has 0 fully saturated rings. The maximum Gasteiger partial charge on any atom is 0.253 e. The first-order valence-electron chi connectivity index (χ1n) is 8.97. The largest absolute Gasteiger partial charge is 0.356 e. The zero-order valence-electron chi connectivity index (χ0n) is 16.1. The zero-order chi connectivity index (χ0) is 18.5. The van der Waals surface area contributed by atoms with Crippen molar-refractivity contribution in [3.05, 3.63) is 65.2 Å². The Labute approximate surface area is 178 Å². The summed E-state index contributed by atoms with van der Waals surface area (Å²) in [6.45, 7) is 1.72. The predicted octanol–water partition coefficient (Wildman–Crippen LogP) is 3.19. The normalized spacial score (nSPS) is 13.0. The predicted molar refractivity (Wildman–Crippen MR) is 122 cm³/mol. The maximum atomic E-state index is 12.1. The number of para-hydroxylation sites is 1.